The van der Waals surface area contributed by atoms with Crippen LogP contribution in [0.15, 0.2) is 36.0 Å². The summed E-state index contributed by atoms with van der Waals surface area (Å²) < 4.78 is 5.07. The molecule has 144 valence electrons. The molecule has 27 heavy (non-hydrogen) atoms. The molecule has 0 atom stereocenters. The smallest absolute Gasteiger partial charge is 0.355 e. The minimum atomic E-state index is -0.787. The van der Waals surface area contributed by atoms with Crippen LogP contribution in [0.25, 0.3) is 6.08 Å². The Bertz CT molecular complexity index is 737. The van der Waals surface area contributed by atoms with Gasteiger partial charge in [-0.3, -0.25) is 14.4 Å². The Morgan fingerprint density at radius 3 is 2.15 bits per heavy atom. The number of benzene rings is 1. The molecule has 2 rings (SSSR count). The van der Waals surface area contributed by atoms with E-state index in [2.05, 4.69) is 5.32 Å². The maximum Gasteiger partial charge on any atom is 0.355 e. The van der Waals surface area contributed by atoms with E-state index < -0.39 is 18.5 Å². The fourth-order valence-corrected chi connectivity index (χ4v) is 2.62. The van der Waals surface area contributed by atoms with Crippen molar-refractivity contribution in [3.63, 3.8) is 0 Å². The number of nitrogens with one attached hydrogen (secondary N) is 1. The highest BCUT2D eigenvalue weighted by Crippen LogP contribution is 2.07. The van der Waals surface area contributed by atoms with Gasteiger partial charge in [-0.15, -0.1) is 0 Å². The first-order valence-corrected chi connectivity index (χ1v) is 8.61. The Morgan fingerprint density at radius 2 is 1.59 bits per heavy atom. The minimum Gasteiger partial charge on any atom is -0.451 e. The largest absolute Gasteiger partial charge is 0.451 e. The van der Waals surface area contributed by atoms with Crippen molar-refractivity contribution in [2.75, 3.05) is 32.8 Å². The zero-order valence-electron chi connectivity index (χ0n) is 15.4. The topological polar surface area (TPSA) is 96.0 Å². The van der Waals surface area contributed by atoms with E-state index in [0.717, 1.165) is 0 Å². The predicted octanol–water partition coefficient (Wildman–Crippen LogP) is 0.398. The third-order valence-electron chi connectivity index (χ3n) is 4.05. The van der Waals surface area contributed by atoms with Crippen molar-refractivity contribution in [1.29, 1.82) is 0 Å². The molecule has 0 unspecified atom stereocenters. The second-order valence-electron chi connectivity index (χ2n) is 6.11. The molecule has 1 aliphatic rings. The van der Waals surface area contributed by atoms with Crippen molar-refractivity contribution in [2.24, 2.45) is 0 Å². The highest BCUT2D eigenvalue weighted by Gasteiger charge is 2.23. The summed E-state index contributed by atoms with van der Waals surface area (Å²) in [7, 11) is 0. The van der Waals surface area contributed by atoms with Gasteiger partial charge >= 0.3 is 5.97 Å². The number of esters is 1. The number of amides is 3. The third-order valence-corrected chi connectivity index (χ3v) is 4.05. The molecule has 1 N–H and O–H groups in total. The number of carbonyl (C=O) groups is 4. The zero-order chi connectivity index (χ0) is 19.8. The number of ether oxygens (including phenoxy) is 1. The molecule has 0 saturated carbocycles. The minimum absolute atomic E-state index is 0.0282. The van der Waals surface area contributed by atoms with Gasteiger partial charge in [-0.1, -0.05) is 30.3 Å². The van der Waals surface area contributed by atoms with Crippen molar-refractivity contribution < 1.29 is 23.9 Å². The van der Waals surface area contributed by atoms with E-state index in [0.29, 0.717) is 31.7 Å². The van der Waals surface area contributed by atoms with Crippen LogP contribution in [-0.2, 0) is 23.9 Å². The lowest BCUT2D eigenvalue weighted by Gasteiger charge is -2.34. The molecule has 1 aromatic rings. The summed E-state index contributed by atoms with van der Waals surface area (Å²) in [6.45, 7) is 4.06. The van der Waals surface area contributed by atoms with Gasteiger partial charge in [0.25, 0.3) is 5.91 Å². The molecule has 1 heterocycles. The Labute approximate surface area is 157 Å². The van der Waals surface area contributed by atoms with Gasteiger partial charge in [-0.25, -0.2) is 4.79 Å². The van der Waals surface area contributed by atoms with Crippen LogP contribution >= 0.6 is 0 Å². The Balaban J connectivity index is 1.93. The summed E-state index contributed by atoms with van der Waals surface area (Å²) >= 11 is 0. The summed E-state index contributed by atoms with van der Waals surface area (Å²) in [6, 6.07) is 8.97. The van der Waals surface area contributed by atoms with Crippen LogP contribution in [0.3, 0.4) is 0 Å². The van der Waals surface area contributed by atoms with E-state index in [1.165, 1.54) is 19.9 Å². The number of piperazine rings is 1. The van der Waals surface area contributed by atoms with Gasteiger partial charge < -0.3 is 19.9 Å². The monoisotopic (exact) mass is 373 g/mol. The molecule has 8 heteroatoms. The SMILES string of the molecule is CC(=O)N/C(=C/c1ccccc1)C(=O)OCC(=O)N1CCN(C(C)=O)CC1. The maximum absolute atomic E-state index is 12.3. The molecule has 0 aromatic heterocycles. The number of rotatable bonds is 5. The average Bonchev–Trinajstić information content (AvgIpc) is 2.65. The molecule has 0 aliphatic carbocycles. The van der Waals surface area contributed by atoms with Crippen LogP contribution in [0.1, 0.15) is 19.4 Å². The molecular formula is C19H23N3O5. The van der Waals surface area contributed by atoms with Crippen molar-refractivity contribution in [3.8, 4) is 0 Å². The zero-order valence-corrected chi connectivity index (χ0v) is 15.4. The van der Waals surface area contributed by atoms with Crippen molar-refractivity contribution in [3.05, 3.63) is 41.6 Å². The highest BCUT2D eigenvalue weighted by molar-refractivity contribution is 5.98. The molecular weight excluding hydrogens is 350 g/mol. The highest BCUT2D eigenvalue weighted by atomic mass is 16.5. The molecule has 0 spiro atoms. The van der Waals surface area contributed by atoms with Crippen LogP contribution in [-0.4, -0.2) is 66.3 Å². The third kappa shape index (κ3) is 6.25. The summed E-state index contributed by atoms with van der Waals surface area (Å²) in [5, 5.41) is 2.43. The Morgan fingerprint density at radius 1 is 1.00 bits per heavy atom. The number of nitrogens with zero attached hydrogens (tertiary/aromatic N) is 2. The van der Waals surface area contributed by atoms with Crippen molar-refractivity contribution in [1.82, 2.24) is 15.1 Å². The van der Waals surface area contributed by atoms with Gasteiger partial charge in [0.1, 0.15) is 5.70 Å². The second-order valence-corrected chi connectivity index (χ2v) is 6.11. The number of hydrogen-bond acceptors (Lipinski definition) is 5. The lowest BCUT2D eigenvalue weighted by atomic mass is 10.2. The second kappa shape index (κ2) is 9.51. The lowest BCUT2D eigenvalue weighted by molar-refractivity contribution is -0.150. The molecule has 1 aromatic carbocycles. The van der Waals surface area contributed by atoms with Crippen LogP contribution in [0, 0.1) is 0 Å². The molecule has 0 radical (unpaired) electrons. The standard InChI is InChI=1S/C19H23N3O5/c1-14(23)20-17(12-16-6-4-3-5-7-16)19(26)27-13-18(25)22-10-8-21(9-11-22)15(2)24/h3-7,12H,8-11,13H2,1-2H3,(H,20,23)/b17-12+. The van der Waals surface area contributed by atoms with Gasteiger partial charge in [0.15, 0.2) is 6.61 Å². The van der Waals surface area contributed by atoms with E-state index in [4.69, 9.17) is 4.74 Å². The average molecular weight is 373 g/mol. The fraction of sp³-hybridized carbons (Fsp3) is 0.368. The van der Waals surface area contributed by atoms with Gasteiger partial charge in [-0.2, -0.15) is 0 Å². The molecule has 0 bridgehead atoms. The van der Waals surface area contributed by atoms with E-state index in [1.54, 1.807) is 34.1 Å². The maximum atomic E-state index is 12.3. The first-order chi connectivity index (χ1) is 12.9. The summed E-state index contributed by atoms with van der Waals surface area (Å²) in [5.74, 6) is -1.57. The Hall–Kier alpha value is -3.16. The van der Waals surface area contributed by atoms with E-state index >= 15 is 0 Å². The quantitative estimate of drug-likeness (QED) is 0.595. The van der Waals surface area contributed by atoms with Gasteiger partial charge in [0.05, 0.1) is 0 Å². The predicted molar refractivity (Wildman–Crippen MR) is 98.0 cm³/mol. The summed E-state index contributed by atoms with van der Waals surface area (Å²) in [6.07, 6.45) is 1.49. The fourth-order valence-electron chi connectivity index (χ4n) is 2.62. The molecule has 8 nitrogen and oxygen atoms in total. The van der Waals surface area contributed by atoms with Gasteiger partial charge in [0.2, 0.25) is 11.8 Å². The number of carbonyl (C=O) groups excluding carboxylic acids is 4. The van der Waals surface area contributed by atoms with E-state index in [-0.39, 0.29) is 17.5 Å². The van der Waals surface area contributed by atoms with Crippen molar-refractivity contribution in [2.45, 2.75) is 13.8 Å². The van der Waals surface area contributed by atoms with Crippen LogP contribution in [0.4, 0.5) is 0 Å². The molecule has 3 amide bonds. The summed E-state index contributed by atoms with van der Waals surface area (Å²) in [4.78, 5) is 50.4. The summed E-state index contributed by atoms with van der Waals surface area (Å²) in [5.41, 5.74) is 0.674. The van der Waals surface area contributed by atoms with Crippen LogP contribution in [0.2, 0.25) is 0 Å². The van der Waals surface area contributed by atoms with E-state index in [9.17, 15) is 19.2 Å². The first-order valence-electron chi connectivity index (χ1n) is 8.61. The first kappa shape index (κ1) is 20.2. The Kier molecular flexibility index (Phi) is 7.10. The normalized spacial score (nSPS) is 14.5. The lowest BCUT2D eigenvalue weighted by Crippen LogP contribution is -2.51. The van der Waals surface area contributed by atoms with Gasteiger partial charge in [0, 0.05) is 40.0 Å². The number of hydrogen-bond donors (Lipinski definition) is 1. The van der Waals surface area contributed by atoms with E-state index in [1.807, 2.05) is 6.07 Å². The molecule has 1 fully saturated rings. The van der Waals surface area contributed by atoms with Gasteiger partial charge in [-0.05, 0) is 11.6 Å². The molecule has 1 aliphatic heterocycles. The molecule has 1 saturated heterocycles. The van der Waals surface area contributed by atoms with Crippen LogP contribution < -0.4 is 5.32 Å². The van der Waals surface area contributed by atoms with Crippen molar-refractivity contribution >= 4 is 29.8 Å². The van der Waals surface area contributed by atoms with Crippen LogP contribution in [0.5, 0.6) is 0 Å².